The normalized spacial score (nSPS) is 10.5. The van der Waals surface area contributed by atoms with E-state index in [1.54, 1.807) is 0 Å². The highest BCUT2D eigenvalue weighted by Gasteiger charge is 2.12. The molecule has 21 heavy (non-hydrogen) atoms. The molecule has 2 rings (SSSR count). The molecule has 7 heteroatoms. The molecule has 0 bridgehead atoms. The average Bonchev–Trinajstić information content (AvgIpc) is 2.42. The molecule has 0 fully saturated rings. The van der Waals surface area contributed by atoms with Gasteiger partial charge in [-0.25, -0.2) is 22.4 Å². The first-order valence-corrected chi connectivity index (χ1v) is 5.78. The predicted octanol–water partition coefficient (Wildman–Crippen LogP) is 3.55. The van der Waals surface area contributed by atoms with Crippen molar-refractivity contribution in [2.45, 2.75) is 6.54 Å². The summed E-state index contributed by atoms with van der Waals surface area (Å²) in [4.78, 5) is 10.8. The number of rotatable bonds is 4. The first kappa shape index (κ1) is 14.8. The van der Waals surface area contributed by atoms with E-state index in [0.717, 1.165) is 18.2 Å². The fourth-order valence-corrected chi connectivity index (χ4v) is 1.68. The lowest BCUT2D eigenvalue weighted by Crippen LogP contribution is -2.06. The van der Waals surface area contributed by atoms with Crippen molar-refractivity contribution in [1.29, 1.82) is 0 Å². The van der Waals surface area contributed by atoms with E-state index in [9.17, 15) is 22.4 Å². The van der Waals surface area contributed by atoms with Gasteiger partial charge >= 0.3 is 5.97 Å². The summed E-state index contributed by atoms with van der Waals surface area (Å²) in [7, 11) is 0. The van der Waals surface area contributed by atoms with Crippen molar-refractivity contribution < 1.29 is 27.5 Å². The maximum atomic E-state index is 13.5. The quantitative estimate of drug-likeness (QED) is 0.670. The number of aromatic carboxylic acids is 1. The molecule has 0 saturated heterocycles. The molecule has 2 N–H and O–H groups in total. The van der Waals surface area contributed by atoms with Crippen LogP contribution in [0.25, 0.3) is 0 Å². The molecule has 0 atom stereocenters. The Kier molecular flexibility index (Phi) is 4.11. The lowest BCUT2D eigenvalue weighted by Gasteiger charge is -2.09. The second-order valence-electron chi connectivity index (χ2n) is 4.21. The Morgan fingerprint density at radius 3 is 2.29 bits per heavy atom. The van der Waals surface area contributed by atoms with Gasteiger partial charge in [0.25, 0.3) is 0 Å². The van der Waals surface area contributed by atoms with Crippen LogP contribution in [0.5, 0.6) is 0 Å². The first-order chi connectivity index (χ1) is 9.88. The van der Waals surface area contributed by atoms with Gasteiger partial charge in [0.05, 0.1) is 11.3 Å². The number of carbonyl (C=O) groups is 1. The largest absolute Gasteiger partial charge is 0.478 e. The van der Waals surface area contributed by atoms with Gasteiger partial charge in [-0.3, -0.25) is 0 Å². The molecule has 0 spiro atoms. The maximum absolute atomic E-state index is 13.5. The molecule has 0 aliphatic rings. The Bertz CT molecular complexity index is 704. The Hall–Kier alpha value is -2.57. The predicted molar refractivity (Wildman–Crippen MR) is 67.0 cm³/mol. The summed E-state index contributed by atoms with van der Waals surface area (Å²) in [6.07, 6.45) is 0. The van der Waals surface area contributed by atoms with Crippen molar-refractivity contribution in [3.8, 4) is 0 Å². The van der Waals surface area contributed by atoms with Crippen LogP contribution in [0.15, 0.2) is 30.3 Å². The smallest absolute Gasteiger partial charge is 0.335 e. The fourth-order valence-electron chi connectivity index (χ4n) is 1.68. The van der Waals surface area contributed by atoms with Gasteiger partial charge in [-0.05, 0) is 24.3 Å². The minimum absolute atomic E-state index is 0.162. The number of benzene rings is 2. The maximum Gasteiger partial charge on any atom is 0.335 e. The van der Waals surface area contributed by atoms with Crippen LogP contribution in [0.3, 0.4) is 0 Å². The average molecular weight is 299 g/mol. The molecule has 0 aliphatic heterocycles. The zero-order valence-electron chi connectivity index (χ0n) is 10.5. The lowest BCUT2D eigenvalue weighted by atomic mass is 10.1. The third kappa shape index (κ3) is 3.31. The highest BCUT2D eigenvalue weighted by molar-refractivity contribution is 5.88. The van der Waals surface area contributed by atoms with E-state index in [0.29, 0.717) is 12.1 Å². The van der Waals surface area contributed by atoms with Crippen molar-refractivity contribution in [2.24, 2.45) is 0 Å². The molecule has 2 aromatic carbocycles. The van der Waals surface area contributed by atoms with Gasteiger partial charge in [-0.2, -0.15) is 0 Å². The molecule has 0 aliphatic carbocycles. The number of carboxylic acid groups (broad SMARTS) is 1. The van der Waals surface area contributed by atoms with E-state index < -0.39 is 29.2 Å². The van der Waals surface area contributed by atoms with E-state index in [1.165, 1.54) is 0 Å². The monoisotopic (exact) mass is 299 g/mol. The van der Waals surface area contributed by atoms with Crippen molar-refractivity contribution in [3.05, 3.63) is 64.7 Å². The summed E-state index contributed by atoms with van der Waals surface area (Å²) in [6.45, 7) is -0.330. The topological polar surface area (TPSA) is 49.3 Å². The summed E-state index contributed by atoms with van der Waals surface area (Å²) >= 11 is 0. The minimum Gasteiger partial charge on any atom is -0.478 e. The summed E-state index contributed by atoms with van der Waals surface area (Å²) in [5, 5.41) is 11.2. The van der Waals surface area contributed by atoms with Crippen LogP contribution < -0.4 is 5.32 Å². The molecule has 0 amide bonds. The third-order valence-electron chi connectivity index (χ3n) is 2.77. The van der Waals surface area contributed by atoms with Crippen LogP contribution in [0.2, 0.25) is 0 Å². The third-order valence-corrected chi connectivity index (χ3v) is 2.77. The van der Waals surface area contributed by atoms with Gasteiger partial charge in [0, 0.05) is 18.2 Å². The van der Waals surface area contributed by atoms with Crippen molar-refractivity contribution in [2.75, 3.05) is 5.32 Å². The minimum atomic E-state index is -1.32. The number of anilines is 1. The van der Waals surface area contributed by atoms with E-state index in [1.807, 2.05) is 0 Å². The van der Waals surface area contributed by atoms with Crippen molar-refractivity contribution in [3.63, 3.8) is 0 Å². The molecule has 3 nitrogen and oxygen atoms in total. The van der Waals surface area contributed by atoms with E-state index in [2.05, 4.69) is 5.32 Å². The molecule has 110 valence electrons. The summed E-state index contributed by atoms with van der Waals surface area (Å²) in [6, 6.07) is 4.07. The highest BCUT2D eigenvalue weighted by atomic mass is 19.2. The zero-order valence-corrected chi connectivity index (χ0v) is 10.5. The highest BCUT2D eigenvalue weighted by Crippen LogP contribution is 2.19. The molecule has 0 radical (unpaired) electrons. The molecule has 0 aromatic heterocycles. The fraction of sp³-hybridized carbons (Fsp3) is 0.0714. The number of hydrogen-bond acceptors (Lipinski definition) is 2. The Labute approximate surface area is 116 Å². The molecule has 0 heterocycles. The molecule has 0 saturated carbocycles. The summed E-state index contributed by atoms with van der Waals surface area (Å²) in [5.41, 5.74) is -0.558. The van der Waals surface area contributed by atoms with Crippen molar-refractivity contribution >= 4 is 11.7 Å². The molecule has 0 unspecified atom stereocenters. The van der Waals surface area contributed by atoms with E-state index in [4.69, 9.17) is 5.11 Å². The number of nitrogens with one attached hydrogen (secondary N) is 1. The van der Waals surface area contributed by atoms with Gasteiger partial charge < -0.3 is 10.4 Å². The second-order valence-corrected chi connectivity index (χ2v) is 4.21. The number of carboxylic acids is 1. The molecule has 2 aromatic rings. The van der Waals surface area contributed by atoms with Crippen LogP contribution >= 0.6 is 0 Å². The van der Waals surface area contributed by atoms with Crippen LogP contribution in [0.1, 0.15) is 15.9 Å². The first-order valence-electron chi connectivity index (χ1n) is 5.78. The molecular weight excluding hydrogens is 290 g/mol. The molecular formula is C14H9F4NO2. The van der Waals surface area contributed by atoms with Gasteiger partial charge in [0.2, 0.25) is 0 Å². The van der Waals surface area contributed by atoms with Gasteiger partial charge in [-0.1, -0.05) is 0 Å². The number of hydrogen-bond donors (Lipinski definition) is 2. The second kappa shape index (κ2) is 5.82. The van der Waals surface area contributed by atoms with Crippen LogP contribution in [0.4, 0.5) is 23.2 Å². The zero-order chi connectivity index (χ0) is 15.6. The number of halogens is 4. The van der Waals surface area contributed by atoms with E-state index in [-0.39, 0.29) is 23.4 Å². The summed E-state index contributed by atoms with van der Waals surface area (Å²) < 4.78 is 52.7. The Morgan fingerprint density at radius 1 is 0.952 bits per heavy atom. The SMILES string of the molecule is O=C(O)c1ccc(F)c(NCc2cc(F)c(F)cc2F)c1. The van der Waals surface area contributed by atoms with Crippen LogP contribution in [-0.4, -0.2) is 11.1 Å². The van der Waals surface area contributed by atoms with Gasteiger partial charge in [0.15, 0.2) is 11.6 Å². The van der Waals surface area contributed by atoms with Crippen LogP contribution in [0, 0.1) is 23.3 Å². The van der Waals surface area contributed by atoms with Gasteiger partial charge in [-0.15, -0.1) is 0 Å². The van der Waals surface area contributed by atoms with Crippen molar-refractivity contribution in [1.82, 2.24) is 0 Å². The van der Waals surface area contributed by atoms with E-state index >= 15 is 0 Å². The lowest BCUT2D eigenvalue weighted by molar-refractivity contribution is 0.0697. The van der Waals surface area contributed by atoms with Gasteiger partial charge in [0.1, 0.15) is 11.6 Å². The Balaban J connectivity index is 2.22. The Morgan fingerprint density at radius 2 is 1.62 bits per heavy atom. The standard InChI is InChI=1S/C14H9F4NO2/c15-9-2-1-7(14(20)21)4-13(9)19-6-8-3-11(17)12(18)5-10(8)16/h1-5,19H,6H2,(H,20,21). The summed E-state index contributed by atoms with van der Waals surface area (Å²) in [5.74, 6) is -5.54. The van der Waals surface area contributed by atoms with Crippen LogP contribution in [-0.2, 0) is 6.54 Å².